The lowest BCUT2D eigenvalue weighted by molar-refractivity contribution is 0.0668. The minimum atomic E-state index is -3.17. The summed E-state index contributed by atoms with van der Waals surface area (Å²) < 4.78 is 30.5. The summed E-state index contributed by atoms with van der Waals surface area (Å²) in [6.45, 7) is 0.183. The molecule has 1 aliphatic heterocycles. The first kappa shape index (κ1) is 21.7. The Morgan fingerprint density at radius 2 is 1.79 bits per heavy atom. The predicted molar refractivity (Wildman–Crippen MR) is 130 cm³/mol. The summed E-state index contributed by atoms with van der Waals surface area (Å²) in [5.74, 6) is 1.08. The number of rotatable bonds is 5. The summed E-state index contributed by atoms with van der Waals surface area (Å²) in [7, 11) is -3.17. The number of nitrogens with zero attached hydrogens (tertiary/aromatic N) is 1. The van der Waals surface area contributed by atoms with Gasteiger partial charge in [0.05, 0.1) is 18.1 Å². The molecule has 1 fully saturated rings. The number of hydrogen-bond donors (Lipinski definition) is 0. The first-order chi connectivity index (χ1) is 15.9. The lowest BCUT2D eigenvalue weighted by atomic mass is 10.0. The van der Waals surface area contributed by atoms with Gasteiger partial charge < -0.3 is 9.32 Å². The average Bonchev–Trinajstić information content (AvgIpc) is 3.42. The lowest BCUT2D eigenvalue weighted by Gasteiger charge is -2.28. The second kappa shape index (κ2) is 8.69. The van der Waals surface area contributed by atoms with E-state index in [2.05, 4.69) is 0 Å². The highest BCUT2D eigenvalue weighted by Gasteiger charge is 2.36. The maximum absolute atomic E-state index is 13.8. The molecule has 1 aliphatic rings. The molecule has 0 aliphatic carbocycles. The highest BCUT2D eigenvalue weighted by atomic mass is 35.5. The van der Waals surface area contributed by atoms with Crippen LogP contribution in [-0.2, 0) is 16.4 Å². The van der Waals surface area contributed by atoms with Gasteiger partial charge in [-0.3, -0.25) is 4.79 Å². The van der Waals surface area contributed by atoms with Crippen LogP contribution in [-0.4, -0.2) is 36.8 Å². The van der Waals surface area contributed by atoms with Crippen molar-refractivity contribution >= 4 is 38.1 Å². The largest absolute Gasteiger partial charge is 0.459 e. The highest BCUT2D eigenvalue weighted by molar-refractivity contribution is 7.91. The van der Waals surface area contributed by atoms with Crippen LogP contribution in [0.3, 0.4) is 0 Å². The van der Waals surface area contributed by atoms with Crippen LogP contribution in [0.15, 0.2) is 83.3 Å². The second-order valence-electron chi connectivity index (χ2n) is 8.29. The third kappa shape index (κ3) is 4.54. The van der Waals surface area contributed by atoms with Crippen LogP contribution < -0.4 is 0 Å². The maximum Gasteiger partial charge on any atom is 0.255 e. The van der Waals surface area contributed by atoms with Gasteiger partial charge in [-0.25, -0.2) is 8.42 Å². The van der Waals surface area contributed by atoms with Gasteiger partial charge in [-0.2, -0.15) is 0 Å². The number of hydrogen-bond acceptors (Lipinski definition) is 4. The number of furan rings is 1. The van der Waals surface area contributed by atoms with E-state index in [1.54, 1.807) is 17.0 Å². The molecule has 0 radical (unpaired) electrons. The standard InChI is InChI=1S/C26H22ClNO4S/c27-20-8-3-7-19(15-20)25-12-11-22(32-25)16-28(21-13-14-33(30,31)17-21)26(29)24-10-4-6-18-5-1-2-9-23(18)24/h1-12,15,21H,13-14,16-17H2. The zero-order valence-corrected chi connectivity index (χ0v) is 19.4. The molecule has 1 aromatic heterocycles. The molecule has 0 saturated carbocycles. The van der Waals surface area contributed by atoms with Gasteiger partial charge in [0, 0.05) is 22.2 Å². The van der Waals surface area contributed by atoms with Gasteiger partial charge in [0.1, 0.15) is 11.5 Å². The van der Waals surface area contributed by atoms with E-state index >= 15 is 0 Å². The second-order valence-corrected chi connectivity index (χ2v) is 11.0. The van der Waals surface area contributed by atoms with Crippen molar-refractivity contribution in [1.29, 1.82) is 0 Å². The Morgan fingerprint density at radius 1 is 1.00 bits per heavy atom. The van der Waals surface area contributed by atoms with Crippen molar-refractivity contribution in [2.24, 2.45) is 0 Å². The van der Waals surface area contributed by atoms with Gasteiger partial charge in [-0.1, -0.05) is 60.1 Å². The summed E-state index contributed by atoms with van der Waals surface area (Å²) in [6, 6.07) is 23.9. The third-order valence-electron chi connectivity index (χ3n) is 6.03. The Labute approximate surface area is 197 Å². The van der Waals surface area contributed by atoms with Crippen molar-refractivity contribution in [3.8, 4) is 11.3 Å². The monoisotopic (exact) mass is 479 g/mol. The molecule has 3 aromatic carbocycles. The van der Waals surface area contributed by atoms with Crippen LogP contribution in [0.5, 0.6) is 0 Å². The number of carbonyl (C=O) groups is 1. The molecular formula is C26H22ClNO4S. The fourth-order valence-electron chi connectivity index (χ4n) is 4.38. The van der Waals surface area contributed by atoms with Crippen molar-refractivity contribution in [3.05, 3.63) is 95.2 Å². The molecule has 1 saturated heterocycles. The van der Waals surface area contributed by atoms with E-state index in [9.17, 15) is 13.2 Å². The van der Waals surface area contributed by atoms with Gasteiger partial charge in [0.2, 0.25) is 0 Å². The van der Waals surface area contributed by atoms with Crippen molar-refractivity contribution in [3.63, 3.8) is 0 Å². The number of halogens is 1. The minimum absolute atomic E-state index is 0.0363. The number of sulfone groups is 1. The van der Waals surface area contributed by atoms with Gasteiger partial charge >= 0.3 is 0 Å². The number of benzene rings is 3. The molecule has 168 valence electrons. The van der Waals surface area contributed by atoms with Gasteiger partial charge in [0.25, 0.3) is 5.91 Å². The molecule has 2 heterocycles. The van der Waals surface area contributed by atoms with Crippen LogP contribution in [0.4, 0.5) is 0 Å². The van der Waals surface area contributed by atoms with E-state index in [0.29, 0.717) is 28.5 Å². The van der Waals surface area contributed by atoms with E-state index < -0.39 is 15.9 Å². The van der Waals surface area contributed by atoms with Crippen LogP contribution in [0.2, 0.25) is 5.02 Å². The molecular weight excluding hydrogens is 458 g/mol. The molecule has 33 heavy (non-hydrogen) atoms. The van der Waals surface area contributed by atoms with Crippen molar-refractivity contribution in [2.45, 2.75) is 19.0 Å². The first-order valence-corrected chi connectivity index (χ1v) is 12.9. The van der Waals surface area contributed by atoms with E-state index in [4.69, 9.17) is 16.0 Å². The molecule has 0 bridgehead atoms. The van der Waals surface area contributed by atoms with Gasteiger partial charge in [0.15, 0.2) is 9.84 Å². The zero-order valence-electron chi connectivity index (χ0n) is 17.8. The quantitative estimate of drug-likeness (QED) is 0.374. The topological polar surface area (TPSA) is 67.6 Å². The number of amides is 1. The highest BCUT2D eigenvalue weighted by Crippen LogP contribution is 2.29. The van der Waals surface area contributed by atoms with Crippen molar-refractivity contribution in [2.75, 3.05) is 11.5 Å². The summed E-state index contributed by atoms with van der Waals surface area (Å²) >= 11 is 6.10. The van der Waals surface area contributed by atoms with Gasteiger partial charge in [-0.05, 0) is 47.5 Å². The Morgan fingerprint density at radius 3 is 2.58 bits per heavy atom. The average molecular weight is 480 g/mol. The first-order valence-electron chi connectivity index (χ1n) is 10.7. The van der Waals surface area contributed by atoms with E-state index in [1.165, 1.54) is 0 Å². The normalized spacial score (nSPS) is 17.3. The Hall–Kier alpha value is -3.09. The fourth-order valence-corrected chi connectivity index (χ4v) is 6.30. The fraction of sp³-hybridized carbons (Fsp3) is 0.192. The van der Waals surface area contributed by atoms with Crippen LogP contribution >= 0.6 is 11.6 Å². The molecule has 0 spiro atoms. The minimum Gasteiger partial charge on any atom is -0.459 e. The van der Waals surface area contributed by atoms with Gasteiger partial charge in [-0.15, -0.1) is 0 Å². The van der Waals surface area contributed by atoms with E-state index in [0.717, 1.165) is 16.3 Å². The molecule has 5 nitrogen and oxygen atoms in total. The molecule has 4 aromatic rings. The maximum atomic E-state index is 13.8. The lowest BCUT2D eigenvalue weighted by Crippen LogP contribution is -2.40. The summed E-state index contributed by atoms with van der Waals surface area (Å²) in [6.07, 6.45) is 0.417. The molecule has 5 rings (SSSR count). The van der Waals surface area contributed by atoms with Crippen molar-refractivity contribution < 1.29 is 17.6 Å². The Kier molecular flexibility index (Phi) is 5.72. The molecule has 1 amide bonds. The van der Waals surface area contributed by atoms with E-state index in [-0.39, 0.29) is 24.0 Å². The molecule has 0 N–H and O–H groups in total. The summed E-state index contributed by atoms with van der Waals surface area (Å²) in [5.41, 5.74) is 1.39. The number of carbonyl (C=O) groups excluding carboxylic acids is 1. The smallest absolute Gasteiger partial charge is 0.255 e. The molecule has 7 heteroatoms. The molecule has 1 atom stereocenters. The van der Waals surface area contributed by atoms with Crippen LogP contribution in [0.25, 0.3) is 22.1 Å². The summed E-state index contributed by atoms with van der Waals surface area (Å²) in [5, 5.41) is 2.41. The summed E-state index contributed by atoms with van der Waals surface area (Å²) in [4.78, 5) is 15.4. The zero-order chi connectivity index (χ0) is 23.0. The number of fused-ring (bicyclic) bond motifs is 1. The van der Waals surface area contributed by atoms with Crippen LogP contribution in [0.1, 0.15) is 22.5 Å². The Balaban J connectivity index is 1.50. The third-order valence-corrected chi connectivity index (χ3v) is 8.01. The van der Waals surface area contributed by atoms with E-state index in [1.807, 2.05) is 66.7 Å². The Bertz CT molecular complexity index is 1440. The predicted octanol–water partition coefficient (Wildman–Crippen LogP) is 5.58. The van der Waals surface area contributed by atoms with Crippen LogP contribution in [0, 0.1) is 0 Å². The molecule has 1 unspecified atom stereocenters. The SMILES string of the molecule is O=C(c1cccc2ccccc12)N(Cc1ccc(-c2cccc(Cl)c2)o1)C1CCS(=O)(=O)C1. The van der Waals surface area contributed by atoms with Crippen molar-refractivity contribution in [1.82, 2.24) is 4.90 Å².